The number of amides is 1. The van der Waals surface area contributed by atoms with Crippen LogP contribution in [0.25, 0.3) is 0 Å². The van der Waals surface area contributed by atoms with Crippen molar-refractivity contribution in [3.8, 4) is 0 Å². The number of hydrogen-bond donors (Lipinski definition) is 1. The highest BCUT2D eigenvalue weighted by Gasteiger charge is 2.24. The molecule has 0 fully saturated rings. The van der Waals surface area contributed by atoms with Crippen LogP contribution in [0.15, 0.2) is 24.3 Å². The number of methoxy groups -OCH3 is 1. The molecule has 2 rings (SSSR count). The first-order chi connectivity index (χ1) is 9.20. The molecule has 1 aromatic rings. The number of hydrogen-bond acceptors (Lipinski definition) is 2. The predicted molar refractivity (Wildman–Crippen MR) is 79.6 cm³/mol. The summed E-state index contributed by atoms with van der Waals surface area (Å²) in [5.41, 5.74) is 2.71. The second-order valence-electron chi connectivity index (χ2n) is 5.01. The molecule has 2 atom stereocenters. The fourth-order valence-electron chi connectivity index (χ4n) is 2.52. The number of carbonyl (C=O) groups is 1. The number of nitrogens with one attached hydrogen (secondary N) is 1. The van der Waals surface area contributed by atoms with Crippen LogP contribution in [0.2, 0.25) is 0 Å². The lowest BCUT2D eigenvalue weighted by Gasteiger charge is -2.24. The fourth-order valence-corrected chi connectivity index (χ4v) is 2.94. The standard InChI is InChI=1S/C15H20BrNO2/c1-19-10-14(16)9-17-15(18)13-7-6-11-4-2-3-5-12(11)8-13/h2-5,13-14H,6-10H2,1H3,(H,17,18). The van der Waals surface area contributed by atoms with E-state index in [1.807, 2.05) is 6.07 Å². The van der Waals surface area contributed by atoms with Gasteiger partial charge in [-0.25, -0.2) is 0 Å². The van der Waals surface area contributed by atoms with Crippen molar-refractivity contribution in [2.24, 2.45) is 5.92 Å². The van der Waals surface area contributed by atoms with Crippen LogP contribution in [-0.4, -0.2) is 31.0 Å². The average Bonchev–Trinajstić information content (AvgIpc) is 2.44. The van der Waals surface area contributed by atoms with Gasteiger partial charge in [0.25, 0.3) is 0 Å². The van der Waals surface area contributed by atoms with Gasteiger partial charge in [0.2, 0.25) is 5.91 Å². The van der Waals surface area contributed by atoms with Gasteiger partial charge in [0, 0.05) is 19.6 Å². The highest BCUT2D eigenvalue weighted by Crippen LogP contribution is 2.25. The third kappa shape index (κ3) is 4.05. The van der Waals surface area contributed by atoms with Crippen molar-refractivity contribution in [3.05, 3.63) is 35.4 Å². The van der Waals surface area contributed by atoms with Crippen LogP contribution in [-0.2, 0) is 22.4 Å². The second-order valence-corrected chi connectivity index (χ2v) is 6.30. The Labute approximate surface area is 122 Å². The predicted octanol–water partition coefficient (Wildman–Crippen LogP) is 2.32. The molecule has 0 radical (unpaired) electrons. The van der Waals surface area contributed by atoms with Gasteiger partial charge in [-0.05, 0) is 30.4 Å². The molecule has 19 heavy (non-hydrogen) atoms. The molecule has 1 N–H and O–H groups in total. The zero-order valence-corrected chi connectivity index (χ0v) is 12.8. The Morgan fingerprint density at radius 2 is 2.21 bits per heavy atom. The number of ether oxygens (including phenoxy) is 1. The molecular weight excluding hydrogens is 306 g/mol. The monoisotopic (exact) mass is 325 g/mol. The third-order valence-corrected chi connectivity index (χ3v) is 4.15. The summed E-state index contributed by atoms with van der Waals surface area (Å²) in [5.74, 6) is 0.271. The highest BCUT2D eigenvalue weighted by molar-refractivity contribution is 9.09. The lowest BCUT2D eigenvalue weighted by atomic mass is 9.83. The molecule has 4 heteroatoms. The summed E-state index contributed by atoms with van der Waals surface area (Å²) in [4.78, 5) is 12.3. The van der Waals surface area contributed by atoms with Gasteiger partial charge >= 0.3 is 0 Å². The third-order valence-electron chi connectivity index (χ3n) is 3.56. The van der Waals surface area contributed by atoms with Crippen LogP contribution in [0, 0.1) is 5.92 Å². The van der Waals surface area contributed by atoms with Gasteiger partial charge < -0.3 is 10.1 Å². The van der Waals surface area contributed by atoms with Crippen molar-refractivity contribution in [2.75, 3.05) is 20.3 Å². The van der Waals surface area contributed by atoms with Crippen LogP contribution in [0.5, 0.6) is 0 Å². The number of alkyl halides is 1. The van der Waals surface area contributed by atoms with Crippen LogP contribution in [0.1, 0.15) is 17.5 Å². The molecule has 1 aliphatic carbocycles. The molecule has 1 aromatic carbocycles. The molecule has 2 unspecified atom stereocenters. The summed E-state index contributed by atoms with van der Waals surface area (Å²) in [7, 11) is 1.66. The van der Waals surface area contributed by atoms with Gasteiger partial charge in [0.15, 0.2) is 0 Å². The fraction of sp³-hybridized carbons (Fsp3) is 0.533. The average molecular weight is 326 g/mol. The number of carbonyl (C=O) groups excluding carboxylic acids is 1. The maximum absolute atomic E-state index is 12.1. The van der Waals surface area contributed by atoms with Gasteiger partial charge in [0.1, 0.15) is 0 Å². The zero-order chi connectivity index (χ0) is 13.7. The number of rotatable bonds is 5. The summed E-state index contributed by atoms with van der Waals surface area (Å²) in [6, 6.07) is 8.41. The van der Waals surface area contributed by atoms with E-state index in [1.54, 1.807) is 7.11 Å². The van der Waals surface area contributed by atoms with Crippen molar-refractivity contribution in [2.45, 2.75) is 24.1 Å². The Bertz CT molecular complexity index is 436. The first-order valence-electron chi connectivity index (χ1n) is 6.68. The molecule has 0 aliphatic heterocycles. The Morgan fingerprint density at radius 1 is 1.47 bits per heavy atom. The molecule has 0 bridgehead atoms. The normalized spacial score (nSPS) is 19.6. The van der Waals surface area contributed by atoms with Gasteiger partial charge in [-0.1, -0.05) is 40.2 Å². The molecule has 0 aromatic heterocycles. The molecule has 3 nitrogen and oxygen atoms in total. The highest BCUT2D eigenvalue weighted by atomic mass is 79.9. The van der Waals surface area contributed by atoms with Gasteiger partial charge in [-0.3, -0.25) is 4.79 Å². The van der Waals surface area contributed by atoms with E-state index < -0.39 is 0 Å². The van der Waals surface area contributed by atoms with E-state index in [2.05, 4.69) is 39.4 Å². The molecule has 0 saturated carbocycles. The molecular formula is C15H20BrNO2. The van der Waals surface area contributed by atoms with Gasteiger partial charge in [-0.15, -0.1) is 0 Å². The van der Waals surface area contributed by atoms with Gasteiger partial charge in [-0.2, -0.15) is 0 Å². The lowest BCUT2D eigenvalue weighted by Crippen LogP contribution is -2.38. The maximum atomic E-state index is 12.1. The van der Waals surface area contributed by atoms with E-state index in [0.717, 1.165) is 19.3 Å². The number of aryl methyl sites for hydroxylation is 1. The number of benzene rings is 1. The van der Waals surface area contributed by atoms with E-state index in [1.165, 1.54) is 11.1 Å². The van der Waals surface area contributed by atoms with Crippen molar-refractivity contribution >= 4 is 21.8 Å². The minimum absolute atomic E-state index is 0.108. The summed E-state index contributed by atoms with van der Waals surface area (Å²) in [5, 5.41) is 3.00. The smallest absolute Gasteiger partial charge is 0.223 e. The topological polar surface area (TPSA) is 38.3 Å². The lowest BCUT2D eigenvalue weighted by molar-refractivity contribution is -0.125. The van der Waals surface area contributed by atoms with Crippen molar-refractivity contribution < 1.29 is 9.53 Å². The van der Waals surface area contributed by atoms with Crippen LogP contribution in [0.3, 0.4) is 0 Å². The van der Waals surface area contributed by atoms with Crippen LogP contribution in [0.4, 0.5) is 0 Å². The molecule has 1 amide bonds. The van der Waals surface area contributed by atoms with Crippen molar-refractivity contribution in [1.29, 1.82) is 0 Å². The SMILES string of the molecule is COCC(Br)CNC(=O)C1CCc2ccccc2C1. The minimum atomic E-state index is 0.108. The first kappa shape index (κ1) is 14.5. The molecule has 0 saturated heterocycles. The van der Waals surface area contributed by atoms with E-state index >= 15 is 0 Å². The Morgan fingerprint density at radius 3 is 2.95 bits per heavy atom. The number of halogens is 1. The number of fused-ring (bicyclic) bond motifs is 1. The van der Waals surface area contributed by atoms with Crippen LogP contribution >= 0.6 is 15.9 Å². The molecule has 104 valence electrons. The Balaban J connectivity index is 1.85. The largest absolute Gasteiger partial charge is 0.383 e. The quantitative estimate of drug-likeness (QED) is 0.844. The van der Waals surface area contributed by atoms with E-state index in [4.69, 9.17) is 4.74 Å². The molecule has 0 heterocycles. The van der Waals surface area contributed by atoms with Crippen LogP contribution < -0.4 is 5.32 Å². The van der Waals surface area contributed by atoms with Crippen molar-refractivity contribution in [1.82, 2.24) is 5.32 Å². The Hall–Kier alpha value is -0.870. The Kier molecular flexibility index (Phi) is 5.40. The minimum Gasteiger partial charge on any atom is -0.383 e. The molecule has 0 spiro atoms. The molecule has 1 aliphatic rings. The summed E-state index contributed by atoms with van der Waals surface area (Å²) in [6.45, 7) is 1.22. The van der Waals surface area contributed by atoms with E-state index in [9.17, 15) is 4.79 Å². The maximum Gasteiger partial charge on any atom is 0.223 e. The second kappa shape index (κ2) is 7.06. The first-order valence-corrected chi connectivity index (χ1v) is 7.59. The summed E-state index contributed by atoms with van der Waals surface area (Å²) < 4.78 is 5.03. The van der Waals surface area contributed by atoms with E-state index in [0.29, 0.717) is 13.2 Å². The zero-order valence-electron chi connectivity index (χ0n) is 11.2. The summed E-state index contributed by atoms with van der Waals surface area (Å²) in [6.07, 6.45) is 2.81. The summed E-state index contributed by atoms with van der Waals surface area (Å²) >= 11 is 3.48. The van der Waals surface area contributed by atoms with E-state index in [-0.39, 0.29) is 16.7 Å². The van der Waals surface area contributed by atoms with Gasteiger partial charge in [0.05, 0.1) is 11.4 Å². The van der Waals surface area contributed by atoms with Crippen molar-refractivity contribution in [3.63, 3.8) is 0 Å².